The predicted molar refractivity (Wildman–Crippen MR) is 50.5 cm³/mol. The molecule has 0 aromatic heterocycles. The lowest BCUT2D eigenvalue weighted by Crippen LogP contribution is -2.51. The van der Waals surface area contributed by atoms with Crippen LogP contribution in [-0.2, 0) is 9.53 Å². The van der Waals surface area contributed by atoms with E-state index >= 15 is 0 Å². The van der Waals surface area contributed by atoms with Gasteiger partial charge in [0.15, 0.2) is 0 Å². The van der Waals surface area contributed by atoms with Crippen LogP contribution in [0.3, 0.4) is 0 Å². The number of hydrogen-bond acceptors (Lipinski definition) is 3. The summed E-state index contributed by atoms with van der Waals surface area (Å²) >= 11 is 0. The number of amides is 1. The van der Waals surface area contributed by atoms with Gasteiger partial charge in [-0.25, -0.2) is 0 Å². The van der Waals surface area contributed by atoms with E-state index in [0.29, 0.717) is 19.1 Å². The Labute approximate surface area is 79.2 Å². The second-order valence-electron chi connectivity index (χ2n) is 3.44. The van der Waals surface area contributed by atoms with E-state index in [1.54, 1.807) is 7.11 Å². The molecule has 1 aliphatic heterocycles. The van der Waals surface area contributed by atoms with Gasteiger partial charge in [0.05, 0.1) is 13.0 Å². The molecule has 1 heterocycles. The molecule has 1 amide bonds. The predicted octanol–water partition coefficient (Wildman–Crippen LogP) is -0.157. The molecule has 4 nitrogen and oxygen atoms in total. The molecule has 0 unspecified atom stereocenters. The highest BCUT2D eigenvalue weighted by molar-refractivity contribution is 5.76. The lowest BCUT2D eigenvalue weighted by atomic mass is 10.2. The topological polar surface area (TPSA) is 41.6 Å². The first-order valence-electron chi connectivity index (χ1n) is 4.74. The van der Waals surface area contributed by atoms with Gasteiger partial charge >= 0.3 is 0 Å². The van der Waals surface area contributed by atoms with E-state index < -0.39 is 0 Å². The number of ether oxygens (including phenoxy) is 1. The summed E-state index contributed by atoms with van der Waals surface area (Å²) in [5, 5.41) is 3.30. The Kier molecular flexibility index (Phi) is 4.18. The Morgan fingerprint density at radius 1 is 1.69 bits per heavy atom. The van der Waals surface area contributed by atoms with E-state index in [0.717, 1.165) is 19.6 Å². The van der Waals surface area contributed by atoms with E-state index in [1.807, 2.05) is 4.90 Å². The fourth-order valence-electron chi connectivity index (χ4n) is 1.51. The van der Waals surface area contributed by atoms with E-state index in [1.165, 1.54) is 0 Å². The molecule has 0 aliphatic carbocycles. The van der Waals surface area contributed by atoms with Crippen molar-refractivity contribution in [3.8, 4) is 0 Å². The Morgan fingerprint density at radius 2 is 2.46 bits per heavy atom. The number of nitrogens with zero attached hydrogens (tertiary/aromatic N) is 1. The fraction of sp³-hybridized carbons (Fsp3) is 0.889. The van der Waals surface area contributed by atoms with Crippen LogP contribution in [0.15, 0.2) is 0 Å². The summed E-state index contributed by atoms with van der Waals surface area (Å²) in [6.07, 6.45) is 0.503. The molecule has 0 radical (unpaired) electrons. The molecule has 0 aromatic carbocycles. The number of carbonyl (C=O) groups is 1. The molecule has 1 N–H and O–H groups in total. The van der Waals surface area contributed by atoms with Crippen molar-refractivity contribution in [3.63, 3.8) is 0 Å². The van der Waals surface area contributed by atoms with Gasteiger partial charge in [-0.3, -0.25) is 4.79 Å². The van der Waals surface area contributed by atoms with Crippen LogP contribution in [0.2, 0.25) is 0 Å². The molecule has 4 heteroatoms. The average molecular weight is 186 g/mol. The maximum atomic E-state index is 11.5. The summed E-state index contributed by atoms with van der Waals surface area (Å²) in [5.41, 5.74) is 0. The van der Waals surface area contributed by atoms with Gasteiger partial charge in [-0.1, -0.05) is 0 Å². The third-order valence-electron chi connectivity index (χ3n) is 2.24. The van der Waals surface area contributed by atoms with Crippen molar-refractivity contribution in [1.29, 1.82) is 0 Å². The molecule has 1 saturated heterocycles. The van der Waals surface area contributed by atoms with Crippen LogP contribution in [0, 0.1) is 0 Å². The second kappa shape index (κ2) is 5.19. The molecule has 76 valence electrons. The number of rotatable bonds is 3. The van der Waals surface area contributed by atoms with Crippen LogP contribution in [0.4, 0.5) is 0 Å². The number of methoxy groups -OCH3 is 1. The highest BCUT2D eigenvalue weighted by Crippen LogP contribution is 2.01. The Morgan fingerprint density at radius 3 is 3.08 bits per heavy atom. The second-order valence-corrected chi connectivity index (χ2v) is 3.44. The van der Waals surface area contributed by atoms with Crippen molar-refractivity contribution in [1.82, 2.24) is 10.2 Å². The largest absolute Gasteiger partial charge is 0.384 e. The van der Waals surface area contributed by atoms with Gasteiger partial charge < -0.3 is 15.0 Å². The first-order valence-corrected chi connectivity index (χ1v) is 4.74. The van der Waals surface area contributed by atoms with E-state index in [2.05, 4.69) is 12.2 Å². The quantitative estimate of drug-likeness (QED) is 0.666. The first-order chi connectivity index (χ1) is 6.24. The van der Waals surface area contributed by atoms with Crippen molar-refractivity contribution in [2.24, 2.45) is 0 Å². The highest BCUT2D eigenvalue weighted by Gasteiger charge is 2.19. The molecule has 0 spiro atoms. The van der Waals surface area contributed by atoms with Gasteiger partial charge in [0, 0.05) is 32.8 Å². The Hall–Kier alpha value is -0.610. The summed E-state index contributed by atoms with van der Waals surface area (Å²) in [6, 6.07) is 0.417. The lowest BCUT2D eigenvalue weighted by Gasteiger charge is -2.31. The minimum Gasteiger partial charge on any atom is -0.384 e. The van der Waals surface area contributed by atoms with Gasteiger partial charge in [-0.2, -0.15) is 0 Å². The molecule has 13 heavy (non-hydrogen) atoms. The van der Waals surface area contributed by atoms with Crippen LogP contribution in [0.1, 0.15) is 13.3 Å². The summed E-state index contributed by atoms with van der Waals surface area (Å²) in [6.45, 7) is 5.17. The third-order valence-corrected chi connectivity index (χ3v) is 2.24. The standard InChI is InChI=1S/C9H18N2O2/c1-8-7-11(5-4-10-8)9(12)3-6-13-2/h8,10H,3-7H2,1-2H3/t8-/m0/s1. The maximum absolute atomic E-state index is 11.5. The molecule has 1 fully saturated rings. The summed E-state index contributed by atoms with van der Waals surface area (Å²) in [7, 11) is 1.62. The Bertz CT molecular complexity index is 173. The highest BCUT2D eigenvalue weighted by atomic mass is 16.5. The van der Waals surface area contributed by atoms with Gasteiger partial charge in [0.1, 0.15) is 0 Å². The van der Waals surface area contributed by atoms with Gasteiger partial charge in [0.2, 0.25) is 5.91 Å². The zero-order valence-electron chi connectivity index (χ0n) is 8.38. The molecular formula is C9H18N2O2. The number of nitrogens with one attached hydrogen (secondary N) is 1. The summed E-state index contributed by atoms with van der Waals surface area (Å²) < 4.78 is 4.87. The van der Waals surface area contributed by atoms with Crippen LogP contribution in [0.25, 0.3) is 0 Å². The lowest BCUT2D eigenvalue weighted by molar-refractivity contribution is -0.133. The number of piperazine rings is 1. The molecule has 1 rings (SSSR count). The van der Waals surface area contributed by atoms with Gasteiger partial charge in [0.25, 0.3) is 0 Å². The molecule has 0 saturated carbocycles. The zero-order valence-corrected chi connectivity index (χ0v) is 8.38. The van der Waals surface area contributed by atoms with Crippen molar-refractivity contribution in [2.75, 3.05) is 33.4 Å². The fourth-order valence-corrected chi connectivity index (χ4v) is 1.51. The van der Waals surface area contributed by atoms with Gasteiger partial charge in [-0.05, 0) is 6.92 Å². The monoisotopic (exact) mass is 186 g/mol. The normalized spacial score (nSPS) is 23.2. The molecule has 1 aliphatic rings. The SMILES string of the molecule is COCCC(=O)N1CCN[C@@H](C)C1. The summed E-state index contributed by atoms with van der Waals surface area (Å²) in [4.78, 5) is 13.4. The molecule has 0 aromatic rings. The van der Waals surface area contributed by atoms with Crippen LogP contribution in [0.5, 0.6) is 0 Å². The molecule has 0 bridgehead atoms. The van der Waals surface area contributed by atoms with E-state index in [4.69, 9.17) is 4.74 Å². The average Bonchev–Trinajstić information content (AvgIpc) is 2.14. The smallest absolute Gasteiger partial charge is 0.224 e. The van der Waals surface area contributed by atoms with Gasteiger partial charge in [-0.15, -0.1) is 0 Å². The van der Waals surface area contributed by atoms with Crippen LogP contribution in [-0.4, -0.2) is 50.2 Å². The molecule has 1 atom stereocenters. The van der Waals surface area contributed by atoms with Crippen molar-refractivity contribution in [2.45, 2.75) is 19.4 Å². The number of hydrogen-bond donors (Lipinski definition) is 1. The first kappa shape index (κ1) is 10.5. The van der Waals surface area contributed by atoms with Crippen molar-refractivity contribution < 1.29 is 9.53 Å². The third kappa shape index (κ3) is 3.32. The zero-order chi connectivity index (χ0) is 9.68. The van der Waals surface area contributed by atoms with Crippen molar-refractivity contribution >= 4 is 5.91 Å². The Balaban J connectivity index is 2.28. The minimum absolute atomic E-state index is 0.204. The number of carbonyl (C=O) groups excluding carboxylic acids is 1. The molecular weight excluding hydrogens is 168 g/mol. The minimum atomic E-state index is 0.204. The summed E-state index contributed by atoms with van der Waals surface area (Å²) in [5.74, 6) is 0.204. The van der Waals surface area contributed by atoms with E-state index in [-0.39, 0.29) is 5.91 Å². The van der Waals surface area contributed by atoms with Crippen molar-refractivity contribution in [3.05, 3.63) is 0 Å². The maximum Gasteiger partial charge on any atom is 0.224 e. The van der Waals surface area contributed by atoms with Crippen LogP contribution < -0.4 is 5.32 Å². The van der Waals surface area contributed by atoms with Crippen LogP contribution >= 0.6 is 0 Å². The van der Waals surface area contributed by atoms with E-state index in [9.17, 15) is 4.79 Å².